The molecule has 82 valence electrons. The number of hydrogen-bond acceptors (Lipinski definition) is 3. The zero-order valence-corrected chi connectivity index (χ0v) is 9.25. The SMILES string of the molecule is CCC(C)CC(NN)C1=CCCCO1. The molecule has 0 saturated heterocycles. The Balaban J connectivity index is 2.47. The average molecular weight is 198 g/mol. The molecule has 0 saturated carbocycles. The van der Waals surface area contributed by atoms with Crippen LogP contribution in [-0.2, 0) is 4.74 Å². The lowest BCUT2D eigenvalue weighted by molar-refractivity contribution is 0.160. The zero-order valence-electron chi connectivity index (χ0n) is 9.25. The second-order valence-electron chi connectivity index (χ2n) is 4.07. The van der Waals surface area contributed by atoms with Gasteiger partial charge in [-0.1, -0.05) is 20.3 Å². The van der Waals surface area contributed by atoms with Gasteiger partial charge in [0, 0.05) is 0 Å². The second kappa shape index (κ2) is 6.04. The summed E-state index contributed by atoms with van der Waals surface area (Å²) in [6.07, 6.45) is 6.65. The molecular formula is C11H22N2O. The van der Waals surface area contributed by atoms with E-state index in [1.54, 1.807) is 0 Å². The first kappa shape index (κ1) is 11.5. The van der Waals surface area contributed by atoms with Gasteiger partial charge in [-0.05, 0) is 31.3 Å². The first-order valence-corrected chi connectivity index (χ1v) is 5.56. The molecular weight excluding hydrogens is 176 g/mol. The van der Waals surface area contributed by atoms with Gasteiger partial charge < -0.3 is 4.74 Å². The van der Waals surface area contributed by atoms with Crippen molar-refractivity contribution in [2.45, 2.75) is 45.6 Å². The number of ether oxygens (including phenoxy) is 1. The van der Waals surface area contributed by atoms with Crippen molar-refractivity contribution < 1.29 is 4.74 Å². The first-order chi connectivity index (χ1) is 6.77. The summed E-state index contributed by atoms with van der Waals surface area (Å²) in [5.74, 6) is 7.26. The molecule has 0 aliphatic carbocycles. The predicted molar refractivity (Wildman–Crippen MR) is 58.5 cm³/mol. The van der Waals surface area contributed by atoms with Gasteiger partial charge in [0.25, 0.3) is 0 Å². The normalized spacial score (nSPS) is 20.9. The summed E-state index contributed by atoms with van der Waals surface area (Å²) in [4.78, 5) is 0. The van der Waals surface area contributed by atoms with Crippen LogP contribution < -0.4 is 11.3 Å². The highest BCUT2D eigenvalue weighted by atomic mass is 16.5. The molecule has 0 bridgehead atoms. The van der Waals surface area contributed by atoms with Gasteiger partial charge in [0.15, 0.2) is 0 Å². The van der Waals surface area contributed by atoms with Crippen molar-refractivity contribution >= 4 is 0 Å². The Labute approximate surface area is 86.7 Å². The molecule has 1 rings (SSSR count). The van der Waals surface area contributed by atoms with Crippen LogP contribution in [0.3, 0.4) is 0 Å². The molecule has 0 aromatic rings. The van der Waals surface area contributed by atoms with E-state index in [0.717, 1.165) is 31.6 Å². The molecule has 0 fully saturated rings. The third kappa shape index (κ3) is 3.31. The number of nitrogens with two attached hydrogens (primary N) is 1. The van der Waals surface area contributed by atoms with Crippen LogP contribution in [0.25, 0.3) is 0 Å². The third-order valence-electron chi connectivity index (χ3n) is 2.84. The lowest BCUT2D eigenvalue weighted by Gasteiger charge is -2.25. The van der Waals surface area contributed by atoms with Crippen LogP contribution in [-0.4, -0.2) is 12.6 Å². The van der Waals surface area contributed by atoms with Crippen molar-refractivity contribution in [3.05, 3.63) is 11.8 Å². The minimum absolute atomic E-state index is 0.199. The topological polar surface area (TPSA) is 47.3 Å². The van der Waals surface area contributed by atoms with Crippen molar-refractivity contribution in [1.29, 1.82) is 0 Å². The molecule has 1 aliphatic rings. The summed E-state index contributed by atoms with van der Waals surface area (Å²) in [7, 11) is 0. The minimum Gasteiger partial charge on any atom is -0.497 e. The highest BCUT2D eigenvalue weighted by molar-refractivity contribution is 5.05. The van der Waals surface area contributed by atoms with Crippen LogP contribution in [0.5, 0.6) is 0 Å². The smallest absolute Gasteiger partial charge is 0.110 e. The lowest BCUT2D eigenvalue weighted by atomic mass is 9.97. The maximum Gasteiger partial charge on any atom is 0.110 e. The molecule has 3 heteroatoms. The van der Waals surface area contributed by atoms with Gasteiger partial charge >= 0.3 is 0 Å². The molecule has 1 heterocycles. The Morgan fingerprint density at radius 2 is 2.43 bits per heavy atom. The summed E-state index contributed by atoms with van der Waals surface area (Å²) in [6, 6.07) is 0.199. The highest BCUT2D eigenvalue weighted by Crippen LogP contribution is 2.19. The predicted octanol–water partition coefficient (Wildman–Crippen LogP) is 1.95. The molecule has 0 aromatic carbocycles. The van der Waals surface area contributed by atoms with Crippen molar-refractivity contribution in [2.75, 3.05) is 6.61 Å². The standard InChI is InChI=1S/C11H22N2O/c1-3-9(2)8-10(13-12)11-6-4-5-7-14-11/h6,9-10,13H,3-5,7-8,12H2,1-2H3. The Bertz CT molecular complexity index is 192. The van der Waals surface area contributed by atoms with Crippen LogP contribution in [0.4, 0.5) is 0 Å². The fourth-order valence-corrected chi connectivity index (χ4v) is 1.65. The number of nitrogens with one attached hydrogen (secondary N) is 1. The second-order valence-corrected chi connectivity index (χ2v) is 4.07. The fraction of sp³-hybridized carbons (Fsp3) is 0.818. The monoisotopic (exact) mass is 198 g/mol. The van der Waals surface area contributed by atoms with Crippen molar-refractivity contribution in [3.63, 3.8) is 0 Å². The Morgan fingerprint density at radius 3 is 2.93 bits per heavy atom. The summed E-state index contributed by atoms with van der Waals surface area (Å²) in [6.45, 7) is 5.28. The van der Waals surface area contributed by atoms with Crippen molar-refractivity contribution in [3.8, 4) is 0 Å². The van der Waals surface area contributed by atoms with Crippen LogP contribution in [0.15, 0.2) is 11.8 Å². The average Bonchev–Trinajstić information content (AvgIpc) is 2.26. The molecule has 1 aliphatic heterocycles. The van der Waals surface area contributed by atoms with E-state index in [-0.39, 0.29) is 6.04 Å². The Hall–Kier alpha value is -0.540. The molecule has 0 radical (unpaired) electrons. The van der Waals surface area contributed by atoms with Crippen LogP contribution in [0.2, 0.25) is 0 Å². The fourth-order valence-electron chi connectivity index (χ4n) is 1.65. The number of hydrazine groups is 1. The highest BCUT2D eigenvalue weighted by Gasteiger charge is 2.18. The molecule has 3 nitrogen and oxygen atoms in total. The number of rotatable bonds is 5. The van der Waals surface area contributed by atoms with Gasteiger partial charge in [-0.15, -0.1) is 0 Å². The molecule has 2 atom stereocenters. The molecule has 0 spiro atoms. The minimum atomic E-state index is 0.199. The molecule has 0 aromatic heterocycles. The van der Waals surface area contributed by atoms with Crippen LogP contribution >= 0.6 is 0 Å². The first-order valence-electron chi connectivity index (χ1n) is 5.56. The number of allylic oxidation sites excluding steroid dienone is 1. The molecule has 2 unspecified atom stereocenters. The largest absolute Gasteiger partial charge is 0.497 e. The van der Waals surface area contributed by atoms with E-state index in [9.17, 15) is 0 Å². The third-order valence-corrected chi connectivity index (χ3v) is 2.84. The van der Waals surface area contributed by atoms with Gasteiger partial charge in [-0.3, -0.25) is 5.84 Å². The molecule has 3 N–H and O–H groups in total. The van der Waals surface area contributed by atoms with E-state index in [2.05, 4.69) is 25.3 Å². The Morgan fingerprint density at radius 1 is 1.64 bits per heavy atom. The van der Waals surface area contributed by atoms with Crippen molar-refractivity contribution in [1.82, 2.24) is 5.43 Å². The van der Waals surface area contributed by atoms with E-state index in [1.807, 2.05) is 0 Å². The zero-order chi connectivity index (χ0) is 10.4. The Kier molecular flexibility index (Phi) is 4.98. The van der Waals surface area contributed by atoms with Gasteiger partial charge in [0.2, 0.25) is 0 Å². The van der Waals surface area contributed by atoms with E-state index >= 15 is 0 Å². The number of hydrogen-bond donors (Lipinski definition) is 2. The summed E-state index contributed by atoms with van der Waals surface area (Å²) >= 11 is 0. The summed E-state index contributed by atoms with van der Waals surface area (Å²) < 4.78 is 5.59. The summed E-state index contributed by atoms with van der Waals surface area (Å²) in [5, 5.41) is 0. The van der Waals surface area contributed by atoms with E-state index in [4.69, 9.17) is 10.6 Å². The lowest BCUT2D eigenvalue weighted by Crippen LogP contribution is -2.39. The molecule has 14 heavy (non-hydrogen) atoms. The van der Waals surface area contributed by atoms with E-state index in [1.165, 1.54) is 6.42 Å². The molecule has 0 amide bonds. The van der Waals surface area contributed by atoms with Gasteiger partial charge in [0.05, 0.1) is 12.6 Å². The van der Waals surface area contributed by atoms with E-state index < -0.39 is 0 Å². The van der Waals surface area contributed by atoms with Gasteiger partial charge in [-0.2, -0.15) is 0 Å². The van der Waals surface area contributed by atoms with Crippen LogP contribution in [0, 0.1) is 5.92 Å². The quantitative estimate of drug-likeness (QED) is 0.524. The van der Waals surface area contributed by atoms with Gasteiger partial charge in [-0.25, -0.2) is 5.43 Å². The van der Waals surface area contributed by atoms with Gasteiger partial charge in [0.1, 0.15) is 5.76 Å². The van der Waals surface area contributed by atoms with Crippen LogP contribution in [0.1, 0.15) is 39.5 Å². The summed E-state index contributed by atoms with van der Waals surface area (Å²) in [5.41, 5.74) is 2.84. The maximum absolute atomic E-state index is 5.59. The maximum atomic E-state index is 5.59. The van der Waals surface area contributed by atoms with E-state index in [0.29, 0.717) is 5.92 Å². The van der Waals surface area contributed by atoms with Crippen molar-refractivity contribution in [2.24, 2.45) is 11.8 Å².